The van der Waals surface area contributed by atoms with E-state index in [1.807, 2.05) is 6.07 Å². The molecule has 0 radical (unpaired) electrons. The first kappa shape index (κ1) is 17.3. The molecule has 0 heterocycles. The van der Waals surface area contributed by atoms with Gasteiger partial charge in [-0.15, -0.1) is 0 Å². The Hall–Kier alpha value is -3.08. The number of hydrogen-bond donors (Lipinski definition) is 1. The Bertz CT molecular complexity index is 782. The van der Waals surface area contributed by atoms with E-state index in [2.05, 4.69) is 0 Å². The molecular formula is C17H16N3O4-. The number of nitriles is 1. The molecule has 0 aromatic heterocycles. The smallest absolute Gasteiger partial charge is 0.340 e. The molecule has 2 aromatic carbocycles. The predicted molar refractivity (Wildman–Crippen MR) is 88.7 cm³/mol. The zero-order valence-electron chi connectivity index (χ0n) is 13.3. The van der Waals surface area contributed by atoms with E-state index in [4.69, 9.17) is 15.2 Å². The molecule has 24 heavy (non-hydrogen) atoms. The number of nitrogens with zero attached hydrogens (tertiary/aromatic N) is 3. The molecule has 2 aromatic rings. The van der Waals surface area contributed by atoms with E-state index in [1.54, 1.807) is 43.3 Å². The first-order valence-electron chi connectivity index (χ1n) is 7.06. The molecule has 0 spiro atoms. The molecule has 1 N–H and O–H groups in total. The van der Waals surface area contributed by atoms with Crippen LogP contribution in [-0.4, -0.2) is 25.3 Å². The fourth-order valence-corrected chi connectivity index (χ4v) is 2.17. The maximum Gasteiger partial charge on any atom is 0.340 e. The summed E-state index contributed by atoms with van der Waals surface area (Å²) in [4.78, 5) is 14.1. The van der Waals surface area contributed by atoms with Crippen LogP contribution in [0.3, 0.4) is 0 Å². The van der Waals surface area contributed by atoms with Gasteiger partial charge in [0.05, 0.1) is 28.6 Å². The highest BCUT2D eigenvalue weighted by atomic mass is 16.8. The molecule has 0 amide bonds. The van der Waals surface area contributed by atoms with Gasteiger partial charge in [0.15, 0.2) is 0 Å². The third kappa shape index (κ3) is 3.81. The predicted octanol–water partition coefficient (Wildman–Crippen LogP) is 2.67. The lowest BCUT2D eigenvalue weighted by molar-refractivity contribution is 0.0473. The SMILES string of the molecule is CN(C)c1ccc(N([O-])O)cc1C(=O)OCc1ccccc1C#N. The van der Waals surface area contributed by atoms with Crippen LogP contribution in [0.15, 0.2) is 42.5 Å². The zero-order valence-corrected chi connectivity index (χ0v) is 13.3. The van der Waals surface area contributed by atoms with Gasteiger partial charge in [-0.25, -0.2) is 4.79 Å². The van der Waals surface area contributed by atoms with Crippen molar-refractivity contribution in [2.75, 3.05) is 24.2 Å². The van der Waals surface area contributed by atoms with Crippen LogP contribution >= 0.6 is 0 Å². The minimum absolute atomic E-state index is 0.0696. The topological polar surface area (TPSA) is 99.9 Å². The van der Waals surface area contributed by atoms with Gasteiger partial charge in [-0.1, -0.05) is 18.2 Å². The van der Waals surface area contributed by atoms with Gasteiger partial charge in [0, 0.05) is 19.7 Å². The van der Waals surface area contributed by atoms with Crippen molar-refractivity contribution in [1.82, 2.24) is 0 Å². The van der Waals surface area contributed by atoms with Crippen LogP contribution in [0.4, 0.5) is 11.4 Å². The van der Waals surface area contributed by atoms with Gasteiger partial charge < -0.3 is 20.1 Å². The summed E-state index contributed by atoms with van der Waals surface area (Å²) in [6, 6.07) is 13.0. The van der Waals surface area contributed by atoms with Crippen LogP contribution in [0.1, 0.15) is 21.5 Å². The van der Waals surface area contributed by atoms with Gasteiger partial charge in [0.2, 0.25) is 0 Å². The summed E-state index contributed by atoms with van der Waals surface area (Å²) in [7, 11) is 3.48. The number of hydrogen-bond acceptors (Lipinski definition) is 7. The monoisotopic (exact) mass is 326 g/mol. The molecule has 0 saturated heterocycles. The maximum absolute atomic E-state index is 12.4. The molecule has 7 heteroatoms. The van der Waals surface area contributed by atoms with Gasteiger partial charge in [0.25, 0.3) is 0 Å². The van der Waals surface area contributed by atoms with Crippen LogP contribution in [0.25, 0.3) is 0 Å². The molecule has 0 atom stereocenters. The van der Waals surface area contributed by atoms with E-state index >= 15 is 0 Å². The highest BCUT2D eigenvalue weighted by Gasteiger charge is 2.16. The van der Waals surface area contributed by atoms with Crippen molar-refractivity contribution in [1.29, 1.82) is 5.26 Å². The second kappa shape index (κ2) is 7.46. The number of esters is 1. The number of carbonyl (C=O) groups is 1. The van der Waals surface area contributed by atoms with Gasteiger partial charge >= 0.3 is 5.97 Å². The van der Waals surface area contributed by atoms with Gasteiger partial charge in [-0.05, 0) is 24.3 Å². The quantitative estimate of drug-likeness (QED) is 0.666. The number of ether oxygens (including phenoxy) is 1. The molecule has 0 saturated carbocycles. The Labute approximate surface area is 139 Å². The minimum Gasteiger partial charge on any atom is -0.733 e. The zero-order chi connectivity index (χ0) is 17.7. The van der Waals surface area contributed by atoms with E-state index in [-0.39, 0.29) is 23.1 Å². The second-order valence-electron chi connectivity index (χ2n) is 5.21. The average Bonchev–Trinajstić information content (AvgIpc) is 2.59. The highest BCUT2D eigenvalue weighted by molar-refractivity contribution is 5.97. The molecule has 0 aliphatic heterocycles. The Kier molecular flexibility index (Phi) is 5.37. The first-order valence-corrected chi connectivity index (χ1v) is 7.06. The van der Waals surface area contributed by atoms with Crippen molar-refractivity contribution in [2.24, 2.45) is 0 Å². The van der Waals surface area contributed by atoms with E-state index < -0.39 is 5.97 Å². The van der Waals surface area contributed by atoms with Crippen molar-refractivity contribution < 1.29 is 14.7 Å². The third-order valence-electron chi connectivity index (χ3n) is 3.40. The molecule has 0 bridgehead atoms. The van der Waals surface area contributed by atoms with Crippen molar-refractivity contribution in [3.05, 3.63) is 64.4 Å². The fraction of sp³-hybridized carbons (Fsp3) is 0.176. The molecule has 2 rings (SSSR count). The van der Waals surface area contributed by atoms with Crippen molar-refractivity contribution in [3.8, 4) is 6.07 Å². The standard InChI is InChI=1S/C17H16N3O4/c1-19(2)16-8-7-14(20(22)23)9-15(16)17(21)24-11-13-6-4-3-5-12(13)10-18/h3-9,22H,11H2,1-2H3/q-1. The molecule has 124 valence electrons. The third-order valence-corrected chi connectivity index (χ3v) is 3.40. The van der Waals surface area contributed by atoms with Crippen molar-refractivity contribution in [2.45, 2.75) is 6.61 Å². The van der Waals surface area contributed by atoms with E-state index in [0.717, 1.165) is 0 Å². The van der Waals surface area contributed by atoms with E-state index in [0.29, 0.717) is 16.8 Å². The van der Waals surface area contributed by atoms with E-state index in [1.165, 1.54) is 18.2 Å². The summed E-state index contributed by atoms with van der Waals surface area (Å²) in [6.45, 7) is -0.0696. The minimum atomic E-state index is -0.657. The Morgan fingerprint density at radius 2 is 2.00 bits per heavy atom. The number of benzene rings is 2. The summed E-state index contributed by atoms with van der Waals surface area (Å²) in [5.74, 6) is -0.657. The van der Waals surface area contributed by atoms with Gasteiger partial charge in [-0.2, -0.15) is 5.26 Å². The van der Waals surface area contributed by atoms with Crippen molar-refractivity contribution >= 4 is 17.3 Å². The molecule has 7 nitrogen and oxygen atoms in total. The van der Waals surface area contributed by atoms with Crippen LogP contribution in [0.2, 0.25) is 0 Å². The van der Waals surface area contributed by atoms with Gasteiger partial charge in [-0.3, -0.25) is 5.21 Å². The summed E-state index contributed by atoms with van der Waals surface area (Å²) in [5, 5.41) is 28.8. The maximum atomic E-state index is 12.4. The average molecular weight is 326 g/mol. The summed E-state index contributed by atoms with van der Waals surface area (Å²) in [6.07, 6.45) is 0. The van der Waals surface area contributed by atoms with Gasteiger partial charge in [0.1, 0.15) is 6.61 Å². The molecule has 0 aliphatic carbocycles. The summed E-state index contributed by atoms with van der Waals surface area (Å²) >= 11 is 0. The highest BCUT2D eigenvalue weighted by Crippen LogP contribution is 2.25. The van der Waals surface area contributed by atoms with Crippen LogP contribution in [0, 0.1) is 16.5 Å². The number of carbonyl (C=O) groups excluding carboxylic acids is 1. The number of rotatable bonds is 5. The molecule has 0 fully saturated rings. The Morgan fingerprint density at radius 3 is 2.62 bits per heavy atom. The van der Waals surface area contributed by atoms with Crippen LogP contribution in [0.5, 0.6) is 0 Å². The number of anilines is 2. The molecular weight excluding hydrogens is 310 g/mol. The second-order valence-corrected chi connectivity index (χ2v) is 5.21. The Morgan fingerprint density at radius 1 is 1.29 bits per heavy atom. The normalized spacial score (nSPS) is 9.96. The lowest BCUT2D eigenvalue weighted by atomic mass is 10.1. The van der Waals surface area contributed by atoms with E-state index in [9.17, 15) is 10.0 Å². The molecule has 0 aliphatic rings. The molecule has 0 unspecified atom stereocenters. The lowest BCUT2D eigenvalue weighted by Gasteiger charge is -2.24. The van der Waals surface area contributed by atoms with Crippen LogP contribution < -0.4 is 10.1 Å². The van der Waals surface area contributed by atoms with Crippen molar-refractivity contribution in [3.63, 3.8) is 0 Å². The first-order chi connectivity index (χ1) is 11.4. The lowest BCUT2D eigenvalue weighted by Crippen LogP contribution is -2.17. The Balaban J connectivity index is 2.25. The summed E-state index contributed by atoms with van der Waals surface area (Å²) < 4.78 is 5.26. The summed E-state index contributed by atoms with van der Waals surface area (Å²) in [5.41, 5.74) is 1.61. The fourth-order valence-electron chi connectivity index (χ4n) is 2.17. The van der Waals surface area contributed by atoms with Crippen LogP contribution in [-0.2, 0) is 11.3 Å². The largest absolute Gasteiger partial charge is 0.733 e.